The first-order valence-corrected chi connectivity index (χ1v) is 5.50. The van der Waals surface area contributed by atoms with Crippen molar-refractivity contribution in [1.82, 2.24) is 5.32 Å². The molecule has 1 aliphatic heterocycles. The number of nitrogens with one attached hydrogen (secondary N) is 1. The highest BCUT2D eigenvalue weighted by atomic mass is 19.3. The fourth-order valence-corrected chi connectivity index (χ4v) is 2.39. The van der Waals surface area contributed by atoms with Crippen LogP contribution in [0.2, 0.25) is 0 Å². The fourth-order valence-electron chi connectivity index (χ4n) is 2.39. The van der Waals surface area contributed by atoms with Crippen LogP contribution in [0.1, 0.15) is 28.8 Å². The number of carbonyl (C=O) groups is 1. The molecular formula is C12H14F2N2O. The van der Waals surface area contributed by atoms with Crippen molar-refractivity contribution in [2.24, 2.45) is 5.73 Å². The Kier molecular flexibility index (Phi) is 3.11. The van der Waals surface area contributed by atoms with E-state index in [2.05, 4.69) is 5.32 Å². The first-order chi connectivity index (χ1) is 8.08. The molecule has 0 bridgehead atoms. The molecule has 3 nitrogen and oxygen atoms in total. The molecular weight excluding hydrogens is 226 g/mol. The minimum absolute atomic E-state index is 0.169. The van der Waals surface area contributed by atoms with Gasteiger partial charge in [0.15, 0.2) is 0 Å². The van der Waals surface area contributed by atoms with Crippen LogP contribution in [0.25, 0.3) is 0 Å². The van der Waals surface area contributed by atoms with E-state index in [4.69, 9.17) is 5.73 Å². The van der Waals surface area contributed by atoms with Crippen LogP contribution in [0.5, 0.6) is 0 Å². The van der Waals surface area contributed by atoms with E-state index in [0.717, 1.165) is 0 Å². The second kappa shape index (κ2) is 4.41. The summed E-state index contributed by atoms with van der Waals surface area (Å²) >= 11 is 0. The van der Waals surface area contributed by atoms with Crippen LogP contribution in [0.15, 0.2) is 24.3 Å². The minimum atomic E-state index is -2.56. The Morgan fingerprint density at radius 2 is 2.12 bits per heavy atom. The molecule has 1 fully saturated rings. The molecule has 92 valence electrons. The van der Waals surface area contributed by atoms with Crippen LogP contribution >= 0.6 is 0 Å². The van der Waals surface area contributed by atoms with Gasteiger partial charge in [-0.2, -0.15) is 0 Å². The summed E-state index contributed by atoms with van der Waals surface area (Å²) in [6.07, 6.45) is -1.59. The highest BCUT2D eigenvalue weighted by Crippen LogP contribution is 2.38. The zero-order valence-electron chi connectivity index (χ0n) is 9.25. The lowest BCUT2D eigenvalue weighted by molar-refractivity contribution is 0.0385. The maximum Gasteiger partial charge on any atom is 0.260 e. The predicted molar refractivity (Wildman–Crippen MR) is 59.9 cm³/mol. The average Bonchev–Trinajstić information content (AvgIpc) is 2.79. The summed E-state index contributed by atoms with van der Waals surface area (Å²) < 4.78 is 26.6. The van der Waals surface area contributed by atoms with Gasteiger partial charge in [-0.15, -0.1) is 0 Å². The third-order valence-corrected chi connectivity index (χ3v) is 3.23. The van der Waals surface area contributed by atoms with E-state index in [0.29, 0.717) is 24.9 Å². The second-order valence-corrected chi connectivity index (χ2v) is 4.21. The molecule has 1 aromatic rings. The molecule has 1 aromatic carbocycles. The average molecular weight is 240 g/mol. The van der Waals surface area contributed by atoms with Crippen molar-refractivity contribution in [3.05, 3.63) is 35.4 Å². The molecule has 1 heterocycles. The summed E-state index contributed by atoms with van der Waals surface area (Å²) in [7, 11) is 0. The predicted octanol–water partition coefficient (Wildman–Crippen LogP) is 1.63. The van der Waals surface area contributed by atoms with E-state index in [9.17, 15) is 13.6 Å². The number of amides is 1. The lowest BCUT2D eigenvalue weighted by atomic mass is 9.85. The smallest absolute Gasteiger partial charge is 0.260 e. The fraction of sp³-hybridized carbons (Fsp3) is 0.417. The van der Waals surface area contributed by atoms with Crippen LogP contribution < -0.4 is 11.1 Å². The number of nitrogens with two attached hydrogens (primary N) is 1. The van der Waals surface area contributed by atoms with Crippen LogP contribution in [-0.2, 0) is 5.54 Å². The molecule has 0 aromatic heterocycles. The first-order valence-electron chi connectivity index (χ1n) is 5.50. The largest absolute Gasteiger partial charge is 0.366 e. The van der Waals surface area contributed by atoms with Gasteiger partial charge in [-0.25, -0.2) is 8.78 Å². The Labute approximate surface area is 98.0 Å². The van der Waals surface area contributed by atoms with Crippen molar-refractivity contribution in [3.8, 4) is 0 Å². The molecule has 0 saturated carbocycles. The Balaban J connectivity index is 2.54. The van der Waals surface area contributed by atoms with Crippen LogP contribution in [0.4, 0.5) is 8.78 Å². The van der Waals surface area contributed by atoms with Crippen molar-refractivity contribution in [1.29, 1.82) is 0 Å². The molecule has 0 aliphatic carbocycles. The van der Waals surface area contributed by atoms with Gasteiger partial charge >= 0.3 is 0 Å². The summed E-state index contributed by atoms with van der Waals surface area (Å²) in [5.74, 6) is -0.672. The van der Waals surface area contributed by atoms with E-state index in [1.54, 1.807) is 18.2 Å². The Morgan fingerprint density at radius 3 is 2.65 bits per heavy atom. The van der Waals surface area contributed by atoms with Crippen molar-refractivity contribution < 1.29 is 13.6 Å². The third kappa shape index (κ3) is 1.91. The molecule has 5 heteroatoms. The summed E-state index contributed by atoms with van der Waals surface area (Å²) in [6.45, 7) is 0.525. The lowest BCUT2D eigenvalue weighted by Gasteiger charge is -2.30. The molecule has 0 unspecified atom stereocenters. The topological polar surface area (TPSA) is 55.1 Å². The lowest BCUT2D eigenvalue weighted by Crippen LogP contribution is -2.45. The summed E-state index contributed by atoms with van der Waals surface area (Å²) in [4.78, 5) is 11.3. The Morgan fingerprint density at radius 1 is 1.41 bits per heavy atom. The Hall–Kier alpha value is -1.49. The summed E-state index contributed by atoms with van der Waals surface area (Å²) in [5, 5.41) is 2.82. The molecule has 0 spiro atoms. The number of alkyl halides is 2. The molecule has 1 aliphatic rings. The standard InChI is InChI=1S/C12H14F2N2O/c13-11(14)12(6-3-7-16-12)9-5-2-1-4-8(9)10(15)17/h1-2,4-5,11,16H,3,6-7H2,(H2,15,17)/t12-/m0/s1. The van der Waals surface area contributed by atoms with Crippen LogP contribution in [0.3, 0.4) is 0 Å². The quantitative estimate of drug-likeness (QED) is 0.843. The third-order valence-electron chi connectivity index (χ3n) is 3.23. The SMILES string of the molecule is NC(=O)c1ccccc1[C@]1(C(F)F)CCCN1. The van der Waals surface area contributed by atoms with E-state index in [1.165, 1.54) is 6.07 Å². The van der Waals surface area contributed by atoms with Gasteiger partial charge in [0.2, 0.25) is 5.91 Å². The van der Waals surface area contributed by atoms with Crippen molar-refractivity contribution in [3.63, 3.8) is 0 Å². The van der Waals surface area contributed by atoms with Crippen molar-refractivity contribution >= 4 is 5.91 Å². The van der Waals surface area contributed by atoms with Crippen LogP contribution in [0, 0.1) is 0 Å². The number of halogens is 2. The number of hydrogen-bond donors (Lipinski definition) is 2. The van der Waals surface area contributed by atoms with E-state index >= 15 is 0 Å². The van der Waals surface area contributed by atoms with Gasteiger partial charge < -0.3 is 11.1 Å². The molecule has 17 heavy (non-hydrogen) atoms. The molecule has 3 N–H and O–H groups in total. The summed E-state index contributed by atoms with van der Waals surface area (Å²) in [6, 6.07) is 6.30. The number of primary amides is 1. The maximum absolute atomic E-state index is 13.3. The van der Waals surface area contributed by atoms with Crippen molar-refractivity contribution in [2.45, 2.75) is 24.8 Å². The highest BCUT2D eigenvalue weighted by molar-refractivity contribution is 5.94. The highest BCUT2D eigenvalue weighted by Gasteiger charge is 2.45. The molecule has 0 radical (unpaired) electrons. The molecule has 1 atom stereocenters. The van der Waals surface area contributed by atoms with Gasteiger partial charge in [-0.05, 0) is 31.0 Å². The van der Waals surface area contributed by atoms with E-state index in [-0.39, 0.29) is 5.56 Å². The van der Waals surface area contributed by atoms with Crippen molar-refractivity contribution in [2.75, 3.05) is 6.54 Å². The van der Waals surface area contributed by atoms with E-state index in [1.807, 2.05) is 0 Å². The molecule has 1 amide bonds. The minimum Gasteiger partial charge on any atom is -0.366 e. The zero-order chi connectivity index (χ0) is 12.5. The molecule has 1 saturated heterocycles. The number of rotatable bonds is 3. The second-order valence-electron chi connectivity index (χ2n) is 4.21. The van der Waals surface area contributed by atoms with Gasteiger partial charge in [0, 0.05) is 5.56 Å². The number of benzene rings is 1. The normalized spacial score (nSPS) is 24.2. The number of carbonyl (C=O) groups excluding carboxylic acids is 1. The number of hydrogen-bond acceptors (Lipinski definition) is 2. The zero-order valence-corrected chi connectivity index (χ0v) is 9.25. The maximum atomic E-state index is 13.3. The van der Waals surface area contributed by atoms with Crippen LogP contribution in [-0.4, -0.2) is 18.9 Å². The van der Waals surface area contributed by atoms with Gasteiger partial charge in [0.25, 0.3) is 6.43 Å². The van der Waals surface area contributed by atoms with Gasteiger partial charge in [0.05, 0.1) is 0 Å². The monoisotopic (exact) mass is 240 g/mol. The summed E-state index contributed by atoms with van der Waals surface area (Å²) in [5.41, 5.74) is 4.28. The molecule has 2 rings (SSSR count). The van der Waals surface area contributed by atoms with Gasteiger partial charge in [-0.1, -0.05) is 18.2 Å². The first kappa shape index (κ1) is 12.0. The van der Waals surface area contributed by atoms with Gasteiger partial charge in [-0.3, -0.25) is 4.79 Å². The van der Waals surface area contributed by atoms with E-state index < -0.39 is 17.9 Å². The Bertz CT molecular complexity index is 428. The van der Waals surface area contributed by atoms with Gasteiger partial charge in [0.1, 0.15) is 5.54 Å².